The van der Waals surface area contributed by atoms with Gasteiger partial charge in [0.2, 0.25) is 5.88 Å². The van der Waals surface area contributed by atoms with Crippen LogP contribution in [0.3, 0.4) is 0 Å². The molecule has 1 saturated heterocycles. The largest absolute Gasteiger partial charge is 0.481 e. The average Bonchev–Trinajstić information content (AvgIpc) is 2.90. The number of aliphatic imine (C=N–C) groups is 1. The topological polar surface area (TPSA) is 124 Å². The van der Waals surface area contributed by atoms with Gasteiger partial charge in [0, 0.05) is 30.4 Å². The first kappa shape index (κ1) is 28.1. The lowest BCUT2D eigenvalue weighted by atomic mass is 10.1. The summed E-state index contributed by atoms with van der Waals surface area (Å²) in [7, 11) is 0. The molecule has 4 rings (SSSR count). The lowest BCUT2D eigenvalue weighted by molar-refractivity contribution is -0.141. The Kier molecular flexibility index (Phi) is 9.72. The maximum atomic E-state index is 12.8. The molecule has 10 nitrogen and oxygen atoms in total. The third kappa shape index (κ3) is 8.00. The van der Waals surface area contributed by atoms with Crippen LogP contribution in [0.1, 0.15) is 12.5 Å². The molecule has 198 valence electrons. The van der Waals surface area contributed by atoms with Crippen molar-refractivity contribution in [1.82, 2.24) is 20.1 Å². The number of aromatic nitrogens is 1. The molecule has 3 aromatic rings. The quantitative estimate of drug-likeness (QED) is 0.372. The molecular weight excluding hydrogens is 517 g/mol. The summed E-state index contributed by atoms with van der Waals surface area (Å²) in [5, 5.41) is 12.1. The fourth-order valence-electron chi connectivity index (χ4n) is 3.21. The lowest BCUT2D eigenvalue weighted by Gasteiger charge is -2.35. The predicted octanol–water partition coefficient (Wildman–Crippen LogP) is 5.31. The van der Waals surface area contributed by atoms with Crippen molar-refractivity contribution in [2.75, 3.05) is 13.2 Å². The first-order valence-corrected chi connectivity index (χ1v) is 11.7. The molecule has 0 spiro atoms. The number of benzene rings is 2. The molecule has 0 radical (unpaired) electrons. The molecule has 12 heteroatoms. The molecule has 2 N–H and O–H groups in total. The second kappa shape index (κ2) is 13.2. The van der Waals surface area contributed by atoms with Crippen LogP contribution < -0.4 is 10.1 Å². The van der Waals surface area contributed by atoms with Crippen LogP contribution >= 0.6 is 11.6 Å². The number of hydrogen-bond acceptors (Lipinski definition) is 6. The zero-order valence-electron chi connectivity index (χ0n) is 20.4. The molecule has 4 amide bonds. The molecule has 1 aliphatic rings. The number of halogens is 2. The molecule has 0 bridgehead atoms. The third-order valence-electron chi connectivity index (χ3n) is 5.27. The Morgan fingerprint density at radius 1 is 1.21 bits per heavy atom. The van der Waals surface area contributed by atoms with Gasteiger partial charge < -0.3 is 20.1 Å². The van der Waals surface area contributed by atoms with Gasteiger partial charge in [-0.15, -0.1) is 0 Å². The number of carboxylic acids is 1. The van der Waals surface area contributed by atoms with Gasteiger partial charge in [0.05, 0.1) is 18.3 Å². The minimum absolute atomic E-state index is 0.0816. The van der Waals surface area contributed by atoms with E-state index in [-0.39, 0.29) is 24.9 Å². The van der Waals surface area contributed by atoms with E-state index in [4.69, 9.17) is 21.4 Å². The van der Waals surface area contributed by atoms with E-state index in [2.05, 4.69) is 22.0 Å². The van der Waals surface area contributed by atoms with Gasteiger partial charge in [-0.05, 0) is 54.7 Å². The summed E-state index contributed by atoms with van der Waals surface area (Å²) in [6, 6.07) is 15.3. The highest BCUT2D eigenvalue weighted by molar-refractivity contribution is 6.30. The molecule has 38 heavy (non-hydrogen) atoms. The van der Waals surface area contributed by atoms with Crippen LogP contribution in [0.2, 0.25) is 5.02 Å². The van der Waals surface area contributed by atoms with Crippen LogP contribution in [-0.2, 0) is 11.3 Å². The summed E-state index contributed by atoms with van der Waals surface area (Å²) in [5.74, 6) is -1.47. The number of carbonyl (C=O) groups is 3. The highest BCUT2D eigenvalue weighted by Crippen LogP contribution is 2.22. The monoisotopic (exact) mass is 541 g/mol. The predicted molar refractivity (Wildman–Crippen MR) is 139 cm³/mol. The van der Waals surface area contributed by atoms with Gasteiger partial charge >= 0.3 is 18.0 Å². The SMILES string of the molecule is C=Nc1ccc(Oc2cc(F)ccn2)cc1.C[C@@H](CN1C(=O)NCN(Cc2ccc(Cl)cc2)C1=O)C(=O)O. The van der Waals surface area contributed by atoms with Crippen LogP contribution in [0.4, 0.5) is 19.7 Å². The van der Waals surface area contributed by atoms with E-state index in [0.29, 0.717) is 17.3 Å². The van der Waals surface area contributed by atoms with E-state index in [1.165, 1.54) is 30.2 Å². The van der Waals surface area contributed by atoms with Crippen molar-refractivity contribution in [2.24, 2.45) is 10.9 Å². The zero-order valence-corrected chi connectivity index (χ0v) is 21.1. The van der Waals surface area contributed by atoms with E-state index in [9.17, 15) is 18.8 Å². The van der Waals surface area contributed by atoms with Crippen LogP contribution in [0.25, 0.3) is 0 Å². The van der Waals surface area contributed by atoms with E-state index >= 15 is 0 Å². The van der Waals surface area contributed by atoms with Crippen molar-refractivity contribution in [1.29, 1.82) is 0 Å². The van der Waals surface area contributed by atoms with E-state index in [1.807, 2.05) is 0 Å². The molecule has 2 aromatic carbocycles. The molecule has 1 atom stereocenters. The van der Waals surface area contributed by atoms with Crippen molar-refractivity contribution in [3.05, 3.63) is 83.3 Å². The van der Waals surface area contributed by atoms with Gasteiger partial charge in [0.1, 0.15) is 11.6 Å². The Balaban J connectivity index is 0.000000221. The molecule has 0 saturated carbocycles. The smallest absolute Gasteiger partial charge is 0.329 e. The Morgan fingerprint density at radius 2 is 1.89 bits per heavy atom. The number of imide groups is 1. The molecular formula is C26H25ClFN5O5. The van der Waals surface area contributed by atoms with Gasteiger partial charge in [0.25, 0.3) is 0 Å². The highest BCUT2D eigenvalue weighted by atomic mass is 35.5. The van der Waals surface area contributed by atoms with Crippen molar-refractivity contribution >= 4 is 42.0 Å². The van der Waals surface area contributed by atoms with Crippen LogP contribution in [0.15, 0.2) is 71.9 Å². The minimum atomic E-state index is -1.06. The van der Waals surface area contributed by atoms with Gasteiger partial charge in [-0.2, -0.15) is 0 Å². The highest BCUT2D eigenvalue weighted by Gasteiger charge is 2.33. The van der Waals surface area contributed by atoms with Crippen molar-refractivity contribution in [3.8, 4) is 11.6 Å². The normalized spacial score (nSPS) is 13.7. The summed E-state index contributed by atoms with van der Waals surface area (Å²) < 4.78 is 18.2. The van der Waals surface area contributed by atoms with Gasteiger partial charge in [-0.25, -0.2) is 23.9 Å². The number of urea groups is 2. The maximum Gasteiger partial charge on any atom is 0.329 e. The second-order valence-corrected chi connectivity index (χ2v) is 8.60. The standard InChI is InChI=1S/C14H16ClN3O4.C12H9FN2O/c1-9(12(19)20)6-18-13(21)16-8-17(14(18)22)7-10-2-4-11(15)5-3-10;1-14-10-2-4-11(5-3-10)16-12-8-9(13)6-7-15-12/h2-5,9H,6-8H2,1H3,(H,16,21)(H,19,20);2-8H,1H2/t9-;/m0./s1. The molecule has 1 aliphatic heterocycles. The molecule has 0 aliphatic carbocycles. The number of nitrogens with one attached hydrogen (secondary N) is 1. The summed E-state index contributed by atoms with van der Waals surface area (Å²) in [6.07, 6.45) is 1.35. The first-order valence-electron chi connectivity index (χ1n) is 11.3. The summed E-state index contributed by atoms with van der Waals surface area (Å²) in [6.45, 7) is 5.06. The third-order valence-corrected chi connectivity index (χ3v) is 5.52. The summed E-state index contributed by atoms with van der Waals surface area (Å²) in [5.41, 5.74) is 1.61. The number of carbonyl (C=O) groups excluding carboxylic acids is 2. The number of rotatable bonds is 8. The van der Waals surface area contributed by atoms with Crippen LogP contribution in [0.5, 0.6) is 11.6 Å². The minimum Gasteiger partial charge on any atom is -0.481 e. The number of pyridine rings is 1. The number of carboxylic acid groups (broad SMARTS) is 1. The Labute approximate surface area is 223 Å². The maximum absolute atomic E-state index is 12.8. The fraction of sp³-hybridized carbons (Fsp3) is 0.192. The van der Waals surface area contributed by atoms with Crippen molar-refractivity contribution in [2.45, 2.75) is 13.5 Å². The number of ether oxygens (including phenoxy) is 1. The van der Waals surface area contributed by atoms with E-state index in [1.54, 1.807) is 48.5 Å². The lowest BCUT2D eigenvalue weighted by Crippen LogP contribution is -2.60. The first-order chi connectivity index (χ1) is 18.2. The number of hydrogen-bond donors (Lipinski definition) is 2. The van der Waals surface area contributed by atoms with Gasteiger partial charge in [-0.1, -0.05) is 30.7 Å². The fourth-order valence-corrected chi connectivity index (χ4v) is 3.34. The number of amides is 4. The van der Waals surface area contributed by atoms with Gasteiger partial charge in [0.15, 0.2) is 0 Å². The molecule has 1 fully saturated rings. The van der Waals surface area contributed by atoms with Crippen LogP contribution in [0, 0.1) is 11.7 Å². The van der Waals surface area contributed by atoms with Crippen molar-refractivity contribution in [3.63, 3.8) is 0 Å². The zero-order chi connectivity index (χ0) is 27.7. The van der Waals surface area contributed by atoms with Crippen molar-refractivity contribution < 1.29 is 28.6 Å². The molecule has 2 heterocycles. The second-order valence-electron chi connectivity index (χ2n) is 8.16. The Bertz CT molecular complexity index is 1290. The summed E-state index contributed by atoms with van der Waals surface area (Å²) in [4.78, 5) is 45.0. The van der Waals surface area contributed by atoms with E-state index in [0.717, 1.165) is 16.2 Å². The van der Waals surface area contributed by atoms with Gasteiger partial charge in [-0.3, -0.25) is 9.79 Å². The van der Waals surface area contributed by atoms with Crippen LogP contribution in [-0.4, -0.2) is 57.9 Å². The van der Waals surface area contributed by atoms with E-state index < -0.39 is 23.9 Å². The molecule has 1 aromatic heterocycles. The number of nitrogens with zero attached hydrogens (tertiary/aromatic N) is 4. The Morgan fingerprint density at radius 3 is 2.50 bits per heavy atom. The summed E-state index contributed by atoms with van der Waals surface area (Å²) >= 11 is 5.81. The Hall–Kier alpha value is -4.51. The molecule has 0 unspecified atom stereocenters. The average molecular weight is 542 g/mol. The number of aliphatic carboxylic acids is 1.